The van der Waals surface area contributed by atoms with Crippen LogP contribution in [-0.2, 0) is 14.2 Å². The molecule has 0 bridgehead atoms. The molecule has 0 saturated carbocycles. The van der Waals surface area contributed by atoms with Crippen molar-refractivity contribution in [1.82, 2.24) is 0 Å². The standard InChI is InChI=1S/C26H24O8/c1-17(32-24(29)18-11-5-2-6-12-18)21(33-25(30)19-13-7-3-8-14-19)22(23(27)28)34-26(31)20-15-9-4-10-16-20/h2-17,21-23,27-28H,1H3/t17-,21?,22-/m0/s1. The third-order valence-electron chi connectivity index (χ3n) is 4.89. The van der Waals surface area contributed by atoms with Crippen molar-refractivity contribution in [2.45, 2.75) is 31.5 Å². The highest BCUT2D eigenvalue weighted by Gasteiger charge is 2.40. The summed E-state index contributed by atoms with van der Waals surface area (Å²) in [7, 11) is 0. The molecule has 176 valence electrons. The van der Waals surface area contributed by atoms with Gasteiger partial charge in [-0.15, -0.1) is 0 Å². The Labute approximate surface area is 196 Å². The molecule has 0 heterocycles. The molecular formula is C26H24O8. The maximum atomic E-state index is 12.7. The number of esters is 3. The van der Waals surface area contributed by atoms with Crippen molar-refractivity contribution >= 4 is 17.9 Å². The molecule has 34 heavy (non-hydrogen) atoms. The number of aliphatic hydroxyl groups excluding tert-OH is 1. The molecule has 0 amide bonds. The van der Waals surface area contributed by atoms with E-state index in [0.29, 0.717) is 0 Å². The third-order valence-corrected chi connectivity index (χ3v) is 4.89. The molecule has 8 nitrogen and oxygen atoms in total. The normalized spacial score (nSPS) is 13.4. The van der Waals surface area contributed by atoms with Crippen LogP contribution in [0.2, 0.25) is 0 Å². The zero-order valence-corrected chi connectivity index (χ0v) is 18.3. The van der Waals surface area contributed by atoms with Crippen LogP contribution in [0.4, 0.5) is 0 Å². The molecule has 3 aromatic carbocycles. The summed E-state index contributed by atoms with van der Waals surface area (Å²) < 4.78 is 16.2. The van der Waals surface area contributed by atoms with Crippen LogP contribution >= 0.6 is 0 Å². The summed E-state index contributed by atoms with van der Waals surface area (Å²) in [5.74, 6) is -2.43. The fraction of sp³-hybridized carbons (Fsp3) is 0.192. The number of hydrogen-bond acceptors (Lipinski definition) is 8. The Morgan fingerprint density at radius 2 is 0.882 bits per heavy atom. The van der Waals surface area contributed by atoms with Crippen LogP contribution in [0.25, 0.3) is 0 Å². The topological polar surface area (TPSA) is 119 Å². The highest BCUT2D eigenvalue weighted by atomic mass is 16.6. The average Bonchev–Trinajstić information content (AvgIpc) is 2.87. The summed E-state index contributed by atoms with van der Waals surface area (Å²) in [6, 6.07) is 23.9. The van der Waals surface area contributed by atoms with Gasteiger partial charge in [-0.05, 0) is 43.3 Å². The smallest absolute Gasteiger partial charge is 0.338 e. The van der Waals surface area contributed by atoms with E-state index in [1.54, 1.807) is 54.6 Å². The monoisotopic (exact) mass is 464 g/mol. The molecule has 0 spiro atoms. The van der Waals surface area contributed by atoms with Crippen molar-refractivity contribution in [1.29, 1.82) is 0 Å². The second-order valence-electron chi connectivity index (χ2n) is 7.36. The van der Waals surface area contributed by atoms with Crippen molar-refractivity contribution in [3.63, 3.8) is 0 Å². The first-order valence-electron chi connectivity index (χ1n) is 10.5. The molecule has 3 aromatic rings. The van der Waals surface area contributed by atoms with E-state index < -0.39 is 42.5 Å². The summed E-state index contributed by atoms with van der Waals surface area (Å²) >= 11 is 0. The molecule has 3 atom stereocenters. The fourth-order valence-electron chi connectivity index (χ4n) is 3.14. The summed E-state index contributed by atoms with van der Waals surface area (Å²) in [6.45, 7) is 1.40. The largest absolute Gasteiger partial charge is 0.455 e. The molecule has 2 N–H and O–H groups in total. The van der Waals surface area contributed by atoms with Gasteiger partial charge in [-0.25, -0.2) is 14.4 Å². The minimum atomic E-state index is -2.24. The van der Waals surface area contributed by atoms with Crippen LogP contribution in [-0.4, -0.2) is 52.7 Å². The molecule has 0 fully saturated rings. The van der Waals surface area contributed by atoms with E-state index in [1.807, 2.05) is 0 Å². The van der Waals surface area contributed by atoms with Crippen LogP contribution in [0.15, 0.2) is 91.0 Å². The van der Waals surface area contributed by atoms with E-state index in [4.69, 9.17) is 14.2 Å². The van der Waals surface area contributed by atoms with Gasteiger partial charge in [0, 0.05) is 0 Å². The predicted octanol–water partition coefficient (Wildman–Crippen LogP) is 2.99. The lowest BCUT2D eigenvalue weighted by Gasteiger charge is -2.31. The van der Waals surface area contributed by atoms with E-state index in [-0.39, 0.29) is 16.7 Å². The van der Waals surface area contributed by atoms with Crippen LogP contribution < -0.4 is 0 Å². The maximum absolute atomic E-state index is 12.7. The summed E-state index contributed by atoms with van der Waals surface area (Å²) in [5, 5.41) is 20.0. The SMILES string of the molecule is C[C@H](OC(=O)c1ccccc1)C(OC(=O)c1ccccc1)[C@H](OC(=O)c1ccccc1)C(O)O. The summed E-state index contributed by atoms with van der Waals surface area (Å²) in [4.78, 5) is 37.9. The maximum Gasteiger partial charge on any atom is 0.338 e. The minimum absolute atomic E-state index is 0.148. The number of aliphatic hydroxyl groups is 2. The molecule has 3 rings (SSSR count). The zero-order chi connectivity index (χ0) is 24.5. The molecule has 8 heteroatoms. The molecule has 0 aromatic heterocycles. The number of rotatable bonds is 9. The molecule has 1 unspecified atom stereocenters. The summed E-state index contributed by atoms with van der Waals surface area (Å²) in [6.07, 6.45) is -6.73. The Hall–Kier alpha value is -4.01. The zero-order valence-electron chi connectivity index (χ0n) is 18.3. The van der Waals surface area contributed by atoms with Crippen LogP contribution in [0.5, 0.6) is 0 Å². The van der Waals surface area contributed by atoms with Crippen molar-refractivity contribution in [2.24, 2.45) is 0 Å². The van der Waals surface area contributed by atoms with Gasteiger partial charge >= 0.3 is 17.9 Å². The number of carbonyl (C=O) groups is 3. The van der Waals surface area contributed by atoms with Gasteiger partial charge < -0.3 is 24.4 Å². The van der Waals surface area contributed by atoms with Crippen molar-refractivity contribution in [3.05, 3.63) is 108 Å². The number of hydrogen-bond donors (Lipinski definition) is 2. The second kappa shape index (κ2) is 11.7. The van der Waals surface area contributed by atoms with Crippen LogP contribution in [0.1, 0.15) is 38.0 Å². The van der Waals surface area contributed by atoms with Gasteiger partial charge in [-0.2, -0.15) is 0 Å². The van der Waals surface area contributed by atoms with Gasteiger partial charge in [0.05, 0.1) is 16.7 Å². The highest BCUT2D eigenvalue weighted by Crippen LogP contribution is 2.20. The van der Waals surface area contributed by atoms with Gasteiger partial charge in [0.2, 0.25) is 0 Å². The fourth-order valence-corrected chi connectivity index (χ4v) is 3.14. The van der Waals surface area contributed by atoms with Crippen LogP contribution in [0.3, 0.4) is 0 Å². The van der Waals surface area contributed by atoms with E-state index in [9.17, 15) is 24.6 Å². The van der Waals surface area contributed by atoms with Gasteiger partial charge in [-0.3, -0.25) is 0 Å². The lowest BCUT2D eigenvalue weighted by Crippen LogP contribution is -2.50. The predicted molar refractivity (Wildman–Crippen MR) is 121 cm³/mol. The number of benzene rings is 3. The highest BCUT2D eigenvalue weighted by molar-refractivity contribution is 5.91. The Morgan fingerprint density at radius 3 is 1.24 bits per heavy atom. The number of ether oxygens (including phenoxy) is 3. The number of carbonyl (C=O) groups excluding carboxylic acids is 3. The first kappa shape index (κ1) is 24.6. The van der Waals surface area contributed by atoms with Gasteiger partial charge in [0.25, 0.3) is 0 Å². The molecular weight excluding hydrogens is 440 g/mol. The minimum Gasteiger partial charge on any atom is -0.455 e. The quantitative estimate of drug-likeness (QED) is 0.282. The van der Waals surface area contributed by atoms with Gasteiger partial charge in [0.1, 0.15) is 6.10 Å². The van der Waals surface area contributed by atoms with Gasteiger partial charge in [0.15, 0.2) is 18.5 Å². The Morgan fingerprint density at radius 1 is 0.559 bits per heavy atom. The lowest BCUT2D eigenvalue weighted by atomic mass is 10.1. The van der Waals surface area contributed by atoms with E-state index in [0.717, 1.165) is 0 Å². The van der Waals surface area contributed by atoms with E-state index >= 15 is 0 Å². The first-order chi connectivity index (χ1) is 16.4. The average molecular weight is 464 g/mol. The summed E-state index contributed by atoms with van der Waals surface area (Å²) in [5.41, 5.74) is 0.565. The van der Waals surface area contributed by atoms with Crippen molar-refractivity contribution < 1.29 is 38.8 Å². The molecule has 0 radical (unpaired) electrons. The van der Waals surface area contributed by atoms with Gasteiger partial charge in [-0.1, -0.05) is 54.6 Å². The molecule has 0 saturated heterocycles. The third kappa shape index (κ3) is 6.50. The Bertz CT molecular complexity index is 1080. The Balaban J connectivity index is 1.86. The lowest BCUT2D eigenvalue weighted by molar-refractivity contribution is -0.178. The van der Waals surface area contributed by atoms with Crippen molar-refractivity contribution in [3.8, 4) is 0 Å². The van der Waals surface area contributed by atoms with E-state index in [2.05, 4.69) is 0 Å². The molecule has 0 aliphatic heterocycles. The first-order valence-corrected chi connectivity index (χ1v) is 10.5. The van der Waals surface area contributed by atoms with Crippen molar-refractivity contribution in [2.75, 3.05) is 0 Å². The van der Waals surface area contributed by atoms with E-state index in [1.165, 1.54) is 43.3 Å². The molecule has 0 aliphatic carbocycles. The van der Waals surface area contributed by atoms with Crippen LogP contribution in [0, 0.1) is 0 Å². The second-order valence-corrected chi connectivity index (χ2v) is 7.36. The Kier molecular flexibility index (Phi) is 8.50. The molecule has 0 aliphatic rings.